The maximum atomic E-state index is 11.9. The van der Waals surface area contributed by atoms with Crippen LogP contribution >= 0.6 is 11.6 Å². The quantitative estimate of drug-likeness (QED) is 0.373. The van der Waals surface area contributed by atoms with Gasteiger partial charge in [-0.25, -0.2) is 0 Å². The van der Waals surface area contributed by atoms with Crippen LogP contribution in [-0.2, 0) is 4.79 Å². The van der Waals surface area contributed by atoms with Gasteiger partial charge in [0.05, 0.1) is 11.4 Å². The van der Waals surface area contributed by atoms with Crippen LogP contribution in [0.15, 0.2) is 48.5 Å². The molecule has 0 aliphatic heterocycles. The van der Waals surface area contributed by atoms with Crippen molar-refractivity contribution in [1.82, 2.24) is 0 Å². The van der Waals surface area contributed by atoms with E-state index in [-0.39, 0.29) is 17.4 Å². The fourth-order valence-corrected chi connectivity index (χ4v) is 2.02. The first-order valence-corrected chi connectivity index (χ1v) is 6.62. The summed E-state index contributed by atoms with van der Waals surface area (Å²) in [7, 11) is 0. The van der Waals surface area contributed by atoms with Crippen molar-refractivity contribution in [3.05, 3.63) is 54.1 Å². The van der Waals surface area contributed by atoms with Crippen LogP contribution in [-0.4, -0.2) is 17.6 Å². The van der Waals surface area contributed by atoms with E-state index >= 15 is 0 Å². The molecule has 2 aromatic carbocycles. The summed E-state index contributed by atoms with van der Waals surface area (Å²) >= 11 is 5.60. The van der Waals surface area contributed by atoms with Crippen molar-refractivity contribution in [3.63, 3.8) is 0 Å². The van der Waals surface area contributed by atoms with Gasteiger partial charge in [-0.15, -0.1) is 11.6 Å². The topological polar surface area (TPSA) is 43.4 Å². The molecule has 4 heteroatoms. The monoisotopic (exact) mass is 288 g/mol. The molecule has 0 bridgehead atoms. The van der Waals surface area contributed by atoms with Gasteiger partial charge in [0.15, 0.2) is 5.78 Å². The minimum atomic E-state index is -0.471. The molecular formula is C16H13ClO3. The fourth-order valence-electron chi connectivity index (χ4n) is 1.87. The van der Waals surface area contributed by atoms with Crippen molar-refractivity contribution in [3.8, 4) is 16.9 Å². The number of ether oxygens (including phenoxy) is 1. The van der Waals surface area contributed by atoms with Crippen LogP contribution in [0.1, 0.15) is 17.3 Å². The summed E-state index contributed by atoms with van der Waals surface area (Å²) < 4.78 is 5.04. The van der Waals surface area contributed by atoms with E-state index < -0.39 is 5.97 Å². The highest BCUT2D eigenvalue weighted by Crippen LogP contribution is 2.27. The van der Waals surface area contributed by atoms with Gasteiger partial charge < -0.3 is 4.74 Å². The summed E-state index contributed by atoms with van der Waals surface area (Å²) in [5.41, 5.74) is 2.16. The Bertz CT molecular complexity index is 635. The van der Waals surface area contributed by atoms with Gasteiger partial charge >= 0.3 is 5.97 Å². The first kappa shape index (κ1) is 14.3. The van der Waals surface area contributed by atoms with Crippen LogP contribution < -0.4 is 4.74 Å². The Hall–Kier alpha value is -2.13. The Morgan fingerprint density at radius 2 is 1.75 bits per heavy atom. The smallest absolute Gasteiger partial charge is 0.308 e. The summed E-state index contributed by atoms with van der Waals surface area (Å²) in [5, 5.41) is 0. The van der Waals surface area contributed by atoms with Gasteiger partial charge in [0, 0.05) is 6.92 Å². The summed E-state index contributed by atoms with van der Waals surface area (Å²) in [5.74, 6) is -0.670. The van der Waals surface area contributed by atoms with Crippen molar-refractivity contribution in [2.45, 2.75) is 6.92 Å². The average Bonchev–Trinajstić information content (AvgIpc) is 2.47. The molecule has 0 N–H and O–H groups in total. The maximum Gasteiger partial charge on any atom is 0.308 e. The molecule has 0 amide bonds. The number of hydrogen-bond donors (Lipinski definition) is 0. The molecule has 0 radical (unpaired) electrons. The molecule has 0 aliphatic carbocycles. The molecule has 0 spiro atoms. The second-order valence-electron chi connectivity index (χ2n) is 4.23. The molecule has 3 nitrogen and oxygen atoms in total. The molecule has 20 heavy (non-hydrogen) atoms. The minimum absolute atomic E-state index is 0.160. The lowest BCUT2D eigenvalue weighted by atomic mass is 10.0. The molecule has 102 valence electrons. The van der Waals surface area contributed by atoms with Crippen LogP contribution in [0.2, 0.25) is 0 Å². The van der Waals surface area contributed by atoms with Crippen molar-refractivity contribution >= 4 is 23.4 Å². The Kier molecular flexibility index (Phi) is 4.53. The van der Waals surface area contributed by atoms with Crippen molar-refractivity contribution < 1.29 is 14.3 Å². The van der Waals surface area contributed by atoms with Crippen molar-refractivity contribution in [2.75, 3.05) is 5.88 Å². The lowest BCUT2D eigenvalue weighted by molar-refractivity contribution is -0.131. The average molecular weight is 289 g/mol. The SMILES string of the molecule is CC(=O)Oc1ccc(-c2ccccc2)cc1C(=O)CCl. The number of halogens is 1. The number of rotatable bonds is 4. The van der Waals surface area contributed by atoms with Crippen LogP contribution in [0.5, 0.6) is 5.75 Å². The lowest BCUT2D eigenvalue weighted by Crippen LogP contribution is -2.08. The molecule has 0 fully saturated rings. The third-order valence-electron chi connectivity index (χ3n) is 2.76. The van der Waals surface area contributed by atoms with E-state index in [9.17, 15) is 9.59 Å². The van der Waals surface area contributed by atoms with E-state index in [0.717, 1.165) is 11.1 Å². The van der Waals surface area contributed by atoms with Crippen molar-refractivity contribution in [1.29, 1.82) is 0 Å². The molecule has 0 heterocycles. The van der Waals surface area contributed by atoms with E-state index in [4.69, 9.17) is 16.3 Å². The van der Waals surface area contributed by atoms with E-state index in [1.54, 1.807) is 18.2 Å². The summed E-state index contributed by atoms with van der Waals surface area (Å²) in [6.07, 6.45) is 0. The number of hydrogen-bond acceptors (Lipinski definition) is 3. The van der Waals surface area contributed by atoms with Crippen LogP contribution in [0, 0.1) is 0 Å². The zero-order valence-electron chi connectivity index (χ0n) is 10.9. The number of carbonyl (C=O) groups excluding carboxylic acids is 2. The molecule has 2 rings (SSSR count). The van der Waals surface area contributed by atoms with Crippen LogP contribution in [0.4, 0.5) is 0 Å². The molecule has 0 aromatic heterocycles. The Labute approximate surface area is 122 Å². The zero-order chi connectivity index (χ0) is 14.5. The molecule has 0 atom stereocenters. The molecule has 0 saturated heterocycles. The third kappa shape index (κ3) is 3.25. The first-order valence-electron chi connectivity index (χ1n) is 6.09. The Morgan fingerprint density at radius 3 is 2.35 bits per heavy atom. The highest BCUT2D eigenvalue weighted by Gasteiger charge is 2.14. The van der Waals surface area contributed by atoms with Crippen LogP contribution in [0.25, 0.3) is 11.1 Å². The lowest BCUT2D eigenvalue weighted by Gasteiger charge is -2.10. The molecule has 0 unspecified atom stereocenters. The van der Waals surface area contributed by atoms with Crippen molar-refractivity contribution in [2.24, 2.45) is 0 Å². The van der Waals surface area contributed by atoms with E-state index in [2.05, 4.69) is 0 Å². The molecule has 2 aromatic rings. The predicted molar refractivity (Wildman–Crippen MR) is 78.2 cm³/mol. The van der Waals surface area contributed by atoms with Gasteiger partial charge in [-0.1, -0.05) is 36.4 Å². The van der Waals surface area contributed by atoms with E-state index in [1.807, 2.05) is 30.3 Å². The van der Waals surface area contributed by atoms with Gasteiger partial charge in [0.25, 0.3) is 0 Å². The van der Waals surface area contributed by atoms with Crippen LogP contribution in [0.3, 0.4) is 0 Å². The Morgan fingerprint density at radius 1 is 1.05 bits per heavy atom. The number of benzene rings is 2. The largest absolute Gasteiger partial charge is 0.426 e. The molecule has 0 aliphatic rings. The highest BCUT2D eigenvalue weighted by atomic mass is 35.5. The number of carbonyl (C=O) groups is 2. The molecule has 0 saturated carbocycles. The number of Topliss-reactive ketones (excluding diaryl/α,β-unsaturated/α-hetero) is 1. The van der Waals surface area contributed by atoms with E-state index in [0.29, 0.717) is 5.56 Å². The zero-order valence-corrected chi connectivity index (χ0v) is 11.7. The third-order valence-corrected chi connectivity index (χ3v) is 3.00. The van der Waals surface area contributed by atoms with Gasteiger partial charge in [-0.2, -0.15) is 0 Å². The normalized spacial score (nSPS) is 10.1. The number of alkyl halides is 1. The van der Waals surface area contributed by atoms with Gasteiger partial charge in [0.2, 0.25) is 0 Å². The summed E-state index contributed by atoms with van der Waals surface area (Å²) in [6.45, 7) is 1.29. The fraction of sp³-hybridized carbons (Fsp3) is 0.125. The summed E-state index contributed by atoms with van der Waals surface area (Å²) in [4.78, 5) is 22.9. The maximum absolute atomic E-state index is 11.9. The highest BCUT2D eigenvalue weighted by molar-refractivity contribution is 6.31. The second kappa shape index (κ2) is 6.35. The number of ketones is 1. The first-order chi connectivity index (χ1) is 9.61. The minimum Gasteiger partial charge on any atom is -0.426 e. The summed E-state index contributed by atoms with van der Waals surface area (Å²) in [6, 6.07) is 14.7. The van der Waals surface area contributed by atoms with Gasteiger partial charge in [-0.3, -0.25) is 9.59 Å². The Balaban J connectivity index is 2.48. The predicted octanol–water partition coefficient (Wildman–Crippen LogP) is 3.70. The van der Waals surface area contributed by atoms with E-state index in [1.165, 1.54) is 6.92 Å². The van der Waals surface area contributed by atoms with Gasteiger partial charge in [-0.05, 0) is 23.3 Å². The second-order valence-corrected chi connectivity index (χ2v) is 4.49. The number of esters is 1. The molecular weight excluding hydrogens is 276 g/mol. The van der Waals surface area contributed by atoms with Gasteiger partial charge in [0.1, 0.15) is 5.75 Å². The standard InChI is InChI=1S/C16H13ClO3/c1-11(18)20-16-8-7-13(9-14(16)15(19)10-17)12-5-3-2-4-6-12/h2-9H,10H2,1H3.